The number of amides is 2. The number of imide groups is 1. The molecule has 5 unspecified atom stereocenters. The van der Waals surface area contributed by atoms with Gasteiger partial charge in [0.1, 0.15) is 5.60 Å². The summed E-state index contributed by atoms with van der Waals surface area (Å²) in [4.78, 5) is 36.3. The van der Waals surface area contributed by atoms with Gasteiger partial charge in [0.15, 0.2) is 0 Å². The van der Waals surface area contributed by atoms with Crippen LogP contribution >= 0.6 is 0 Å². The van der Waals surface area contributed by atoms with E-state index in [1.807, 2.05) is 6.92 Å². The smallest absolute Gasteiger partial charge is 0.417 e. The van der Waals surface area contributed by atoms with E-state index in [0.717, 1.165) is 0 Å². The molecule has 1 aromatic carbocycles. The van der Waals surface area contributed by atoms with Crippen LogP contribution in [0.5, 0.6) is 0 Å². The van der Waals surface area contributed by atoms with Crippen LogP contribution in [-0.2, 0) is 23.7 Å². The molecule has 1 aromatic rings. The highest BCUT2D eigenvalue weighted by molar-refractivity contribution is 6.02. The summed E-state index contributed by atoms with van der Waals surface area (Å²) in [5.74, 6) is -1.61. The first kappa shape index (κ1) is 17.5. The summed E-state index contributed by atoms with van der Waals surface area (Å²) >= 11 is 0. The molecule has 1 N–H and O–H groups in total. The van der Waals surface area contributed by atoms with E-state index in [2.05, 4.69) is 5.32 Å². The summed E-state index contributed by atoms with van der Waals surface area (Å²) in [5, 5.41) is 2.18. The number of hydrogen-bond acceptors (Lipinski definition) is 7. The predicted octanol–water partition coefficient (Wildman–Crippen LogP) is 1.76. The lowest BCUT2D eigenvalue weighted by atomic mass is 9.82. The first-order valence-electron chi connectivity index (χ1n) is 8.62. The number of rotatable bonds is 3. The summed E-state index contributed by atoms with van der Waals surface area (Å²) in [6.45, 7) is 1.90. The van der Waals surface area contributed by atoms with Crippen molar-refractivity contribution >= 4 is 18.0 Å². The molecule has 1 saturated carbocycles. The molecule has 4 rings (SSSR count). The highest BCUT2D eigenvalue weighted by Crippen LogP contribution is 2.60. The third-order valence-corrected chi connectivity index (χ3v) is 5.46. The average molecular weight is 373 g/mol. The van der Waals surface area contributed by atoms with Crippen LogP contribution in [0.2, 0.25) is 0 Å². The van der Waals surface area contributed by atoms with Crippen LogP contribution in [-0.4, -0.2) is 43.1 Å². The maximum absolute atomic E-state index is 12.2. The number of fused-ring (bicyclic) bond motifs is 3. The minimum atomic E-state index is -0.968. The molecule has 1 aliphatic carbocycles. The molecule has 27 heavy (non-hydrogen) atoms. The van der Waals surface area contributed by atoms with E-state index in [4.69, 9.17) is 18.9 Å². The predicted molar refractivity (Wildman–Crippen MR) is 90.2 cm³/mol. The third kappa shape index (κ3) is 2.95. The number of carbonyl (C=O) groups is 3. The van der Waals surface area contributed by atoms with Crippen molar-refractivity contribution in [2.45, 2.75) is 31.3 Å². The fourth-order valence-electron chi connectivity index (χ4n) is 4.03. The largest absolute Gasteiger partial charge is 0.466 e. The summed E-state index contributed by atoms with van der Waals surface area (Å²) in [6, 6.07) is 8.32. The van der Waals surface area contributed by atoms with Crippen molar-refractivity contribution in [1.29, 1.82) is 0 Å². The van der Waals surface area contributed by atoms with Gasteiger partial charge in [0.2, 0.25) is 0 Å². The molecular formula is C19H19NO7. The Hall–Kier alpha value is -2.87. The van der Waals surface area contributed by atoms with Crippen molar-refractivity contribution in [3.05, 3.63) is 47.7 Å². The average Bonchev–Trinajstić information content (AvgIpc) is 3.22. The quantitative estimate of drug-likeness (QED) is 0.636. The Morgan fingerprint density at radius 3 is 2.67 bits per heavy atom. The van der Waals surface area contributed by atoms with Gasteiger partial charge in [-0.3, -0.25) is 10.1 Å². The highest BCUT2D eigenvalue weighted by atomic mass is 16.7. The second-order valence-electron chi connectivity index (χ2n) is 6.95. The Kier molecular flexibility index (Phi) is 4.15. The standard InChI is InChI=1S/C19H19NO7/c1-19-13(27-19)8-11-12(16(22)24-2)9-25-17(14(11)19)26-18(23)20-15(21)10-6-4-3-5-7-10/h3-7,9,11,13-14,17H,8H2,1-2H3,(H,20,21,23). The van der Waals surface area contributed by atoms with Crippen molar-refractivity contribution < 1.29 is 33.3 Å². The number of esters is 1. The van der Waals surface area contributed by atoms with Crippen molar-refractivity contribution in [3.63, 3.8) is 0 Å². The summed E-state index contributed by atoms with van der Waals surface area (Å²) in [6.07, 6.45) is -0.0180. The molecule has 2 heterocycles. The number of benzene rings is 1. The van der Waals surface area contributed by atoms with Gasteiger partial charge in [-0.1, -0.05) is 18.2 Å². The number of hydrogen-bond donors (Lipinski definition) is 1. The zero-order chi connectivity index (χ0) is 19.2. The molecule has 142 valence electrons. The second kappa shape index (κ2) is 6.38. The lowest BCUT2D eigenvalue weighted by Gasteiger charge is -2.35. The van der Waals surface area contributed by atoms with Crippen LogP contribution in [0.1, 0.15) is 23.7 Å². The minimum absolute atomic E-state index is 0.0256. The van der Waals surface area contributed by atoms with E-state index < -0.39 is 29.9 Å². The fraction of sp³-hybridized carbons (Fsp3) is 0.421. The molecule has 3 aliphatic rings. The Morgan fingerprint density at radius 1 is 1.22 bits per heavy atom. The first-order chi connectivity index (χ1) is 12.9. The third-order valence-electron chi connectivity index (χ3n) is 5.46. The monoisotopic (exact) mass is 373 g/mol. The summed E-state index contributed by atoms with van der Waals surface area (Å²) in [7, 11) is 1.30. The normalized spacial score (nSPS) is 32.9. The molecular weight excluding hydrogens is 354 g/mol. The second-order valence-corrected chi connectivity index (χ2v) is 6.95. The van der Waals surface area contributed by atoms with Gasteiger partial charge in [0.25, 0.3) is 12.2 Å². The SMILES string of the molecule is COC(=O)C1=COC(OC(=O)NC(=O)c2ccccc2)C2C1CC1OC12C. The van der Waals surface area contributed by atoms with Gasteiger partial charge in [-0.2, -0.15) is 0 Å². The van der Waals surface area contributed by atoms with Gasteiger partial charge in [-0.15, -0.1) is 0 Å². The first-order valence-corrected chi connectivity index (χ1v) is 8.62. The number of carbonyl (C=O) groups excluding carboxylic acids is 3. The van der Waals surface area contributed by atoms with Crippen molar-refractivity contribution in [2.24, 2.45) is 11.8 Å². The molecule has 8 heteroatoms. The Morgan fingerprint density at radius 2 is 1.96 bits per heavy atom. The Bertz CT molecular complexity index is 821. The molecule has 2 aliphatic heterocycles. The van der Waals surface area contributed by atoms with E-state index in [9.17, 15) is 14.4 Å². The molecule has 2 amide bonds. The van der Waals surface area contributed by atoms with Gasteiger partial charge in [0.05, 0.1) is 31.0 Å². The van der Waals surface area contributed by atoms with Crippen molar-refractivity contribution in [2.75, 3.05) is 7.11 Å². The van der Waals surface area contributed by atoms with E-state index in [1.54, 1.807) is 30.3 Å². The summed E-state index contributed by atoms with van der Waals surface area (Å²) in [5.41, 5.74) is 0.204. The molecule has 0 aromatic heterocycles. The topological polar surface area (TPSA) is 103 Å². The lowest BCUT2D eigenvalue weighted by Crippen LogP contribution is -2.45. The molecule has 0 spiro atoms. The maximum Gasteiger partial charge on any atom is 0.417 e. The van der Waals surface area contributed by atoms with Gasteiger partial charge in [0, 0.05) is 11.5 Å². The van der Waals surface area contributed by atoms with Gasteiger partial charge in [-0.05, 0) is 25.5 Å². The number of methoxy groups -OCH3 is 1. The van der Waals surface area contributed by atoms with Crippen LogP contribution in [0.3, 0.4) is 0 Å². The zero-order valence-corrected chi connectivity index (χ0v) is 14.8. The van der Waals surface area contributed by atoms with E-state index in [0.29, 0.717) is 17.6 Å². The maximum atomic E-state index is 12.2. The number of alkyl carbamates (subject to hydrolysis) is 1. The number of epoxide rings is 1. The van der Waals surface area contributed by atoms with E-state index in [1.165, 1.54) is 13.4 Å². The Balaban J connectivity index is 1.47. The summed E-state index contributed by atoms with van der Waals surface area (Å²) < 4.78 is 21.4. The van der Waals surface area contributed by atoms with Crippen LogP contribution < -0.4 is 5.32 Å². The lowest BCUT2D eigenvalue weighted by molar-refractivity contribution is -0.150. The molecule has 0 bridgehead atoms. The van der Waals surface area contributed by atoms with Gasteiger partial charge < -0.3 is 18.9 Å². The molecule has 2 fully saturated rings. The number of nitrogens with one attached hydrogen (secondary N) is 1. The van der Waals surface area contributed by atoms with E-state index >= 15 is 0 Å². The molecule has 5 atom stereocenters. The Labute approximate surface area is 155 Å². The molecule has 1 saturated heterocycles. The minimum Gasteiger partial charge on any atom is -0.466 e. The highest BCUT2D eigenvalue weighted by Gasteiger charge is 2.71. The zero-order valence-electron chi connectivity index (χ0n) is 14.8. The fourth-order valence-corrected chi connectivity index (χ4v) is 4.03. The van der Waals surface area contributed by atoms with Gasteiger partial charge >= 0.3 is 12.1 Å². The van der Waals surface area contributed by atoms with Crippen LogP contribution in [0.25, 0.3) is 0 Å². The van der Waals surface area contributed by atoms with Crippen LogP contribution in [0, 0.1) is 11.8 Å². The molecule has 0 radical (unpaired) electrons. The molecule has 8 nitrogen and oxygen atoms in total. The van der Waals surface area contributed by atoms with Crippen molar-refractivity contribution in [1.82, 2.24) is 5.32 Å². The number of ether oxygens (including phenoxy) is 4. The van der Waals surface area contributed by atoms with Crippen LogP contribution in [0.4, 0.5) is 4.79 Å². The van der Waals surface area contributed by atoms with Crippen molar-refractivity contribution in [3.8, 4) is 0 Å². The van der Waals surface area contributed by atoms with E-state index in [-0.39, 0.29) is 17.9 Å². The van der Waals surface area contributed by atoms with Crippen LogP contribution in [0.15, 0.2) is 42.2 Å². The van der Waals surface area contributed by atoms with Gasteiger partial charge in [-0.25, -0.2) is 9.59 Å².